The lowest BCUT2D eigenvalue weighted by molar-refractivity contribution is -0.143. The topological polar surface area (TPSA) is 86.7 Å². The van der Waals surface area contributed by atoms with E-state index >= 15 is 0 Å². The van der Waals surface area contributed by atoms with E-state index in [1.54, 1.807) is 36.1 Å². The smallest absolute Gasteiger partial charge is 0.315 e. The second-order valence-electron chi connectivity index (χ2n) is 6.41. The van der Waals surface area contributed by atoms with Gasteiger partial charge in [-0.15, -0.1) is 0 Å². The van der Waals surface area contributed by atoms with E-state index < -0.39 is 11.4 Å². The van der Waals surface area contributed by atoms with Crippen LogP contribution in [-0.4, -0.2) is 47.4 Å². The number of carboxylic acids is 1. The van der Waals surface area contributed by atoms with Gasteiger partial charge in [0, 0.05) is 19.5 Å². The van der Waals surface area contributed by atoms with E-state index in [2.05, 4.69) is 5.32 Å². The van der Waals surface area contributed by atoms with Crippen molar-refractivity contribution in [1.29, 1.82) is 0 Å². The zero-order chi connectivity index (χ0) is 17.6. The molecular weight excluding hydrogens is 308 g/mol. The van der Waals surface area contributed by atoms with Crippen molar-refractivity contribution in [3.63, 3.8) is 0 Å². The highest BCUT2D eigenvalue weighted by atomic mass is 16.4. The maximum Gasteiger partial charge on any atom is 0.315 e. The van der Waals surface area contributed by atoms with Gasteiger partial charge in [-0.3, -0.25) is 14.4 Å². The van der Waals surface area contributed by atoms with E-state index in [4.69, 9.17) is 0 Å². The lowest BCUT2D eigenvalue weighted by atomic mass is 9.82. The summed E-state index contributed by atoms with van der Waals surface area (Å²) in [7, 11) is 0. The van der Waals surface area contributed by atoms with Crippen molar-refractivity contribution in [2.24, 2.45) is 0 Å². The number of nitrogens with one attached hydrogen (secondary N) is 1. The standard InChI is InChI=1S/C18H24N2O4/c1-18(17(23)24,14-8-4-2-5-9-14)13-19-15(21)12-20-11-7-3-6-10-16(20)22/h2,4-5,8-9H,3,6-7,10-13H2,1H3,(H,19,21)(H,23,24). The summed E-state index contributed by atoms with van der Waals surface area (Å²) in [6, 6.07) is 8.83. The Kier molecular flexibility index (Phi) is 5.95. The van der Waals surface area contributed by atoms with E-state index in [0.717, 1.165) is 19.3 Å². The Hall–Kier alpha value is -2.37. The predicted octanol–water partition coefficient (Wildman–Crippen LogP) is 1.55. The minimum Gasteiger partial charge on any atom is -0.481 e. The van der Waals surface area contributed by atoms with E-state index in [1.165, 1.54) is 0 Å². The summed E-state index contributed by atoms with van der Waals surface area (Å²) >= 11 is 0. The Bertz CT molecular complexity index is 602. The Morgan fingerprint density at radius 3 is 2.58 bits per heavy atom. The highest BCUT2D eigenvalue weighted by molar-refractivity contribution is 5.86. The Morgan fingerprint density at radius 1 is 1.21 bits per heavy atom. The molecular formula is C18H24N2O4. The zero-order valence-corrected chi connectivity index (χ0v) is 14.0. The maximum atomic E-state index is 12.2. The van der Waals surface area contributed by atoms with Crippen LogP contribution in [0.2, 0.25) is 0 Å². The molecule has 1 aliphatic rings. The summed E-state index contributed by atoms with van der Waals surface area (Å²) < 4.78 is 0. The molecule has 0 bridgehead atoms. The van der Waals surface area contributed by atoms with Crippen molar-refractivity contribution in [2.45, 2.75) is 38.0 Å². The fourth-order valence-electron chi connectivity index (χ4n) is 2.82. The largest absolute Gasteiger partial charge is 0.481 e. The van der Waals surface area contributed by atoms with E-state index in [-0.39, 0.29) is 24.9 Å². The molecule has 1 atom stereocenters. The molecule has 1 unspecified atom stereocenters. The molecule has 2 N–H and O–H groups in total. The predicted molar refractivity (Wildman–Crippen MR) is 89.5 cm³/mol. The van der Waals surface area contributed by atoms with Crippen LogP contribution in [-0.2, 0) is 19.8 Å². The first-order valence-corrected chi connectivity index (χ1v) is 8.27. The number of carbonyl (C=O) groups excluding carboxylic acids is 2. The molecule has 130 valence electrons. The number of rotatable bonds is 6. The van der Waals surface area contributed by atoms with Crippen molar-refractivity contribution < 1.29 is 19.5 Å². The maximum absolute atomic E-state index is 12.2. The minimum atomic E-state index is -1.21. The first-order valence-electron chi connectivity index (χ1n) is 8.27. The number of carboxylic acid groups (broad SMARTS) is 1. The van der Waals surface area contributed by atoms with Crippen LogP contribution in [0.3, 0.4) is 0 Å². The van der Waals surface area contributed by atoms with Crippen molar-refractivity contribution in [2.75, 3.05) is 19.6 Å². The average Bonchev–Trinajstić information content (AvgIpc) is 2.78. The number of hydrogen-bond acceptors (Lipinski definition) is 3. The second kappa shape index (κ2) is 7.95. The fourth-order valence-corrected chi connectivity index (χ4v) is 2.82. The Labute approximate surface area is 141 Å². The number of amides is 2. The van der Waals surface area contributed by atoms with Gasteiger partial charge in [0.15, 0.2) is 0 Å². The molecule has 1 aliphatic heterocycles. The second-order valence-corrected chi connectivity index (χ2v) is 6.41. The van der Waals surface area contributed by atoms with E-state index in [9.17, 15) is 19.5 Å². The van der Waals surface area contributed by atoms with Gasteiger partial charge in [0.05, 0.1) is 6.54 Å². The number of benzene rings is 1. The third-order valence-electron chi connectivity index (χ3n) is 4.53. The molecule has 0 aliphatic carbocycles. The van der Waals surface area contributed by atoms with Crippen LogP contribution in [0.5, 0.6) is 0 Å². The van der Waals surface area contributed by atoms with Gasteiger partial charge in [-0.2, -0.15) is 0 Å². The number of likely N-dealkylation sites (tertiary alicyclic amines) is 1. The summed E-state index contributed by atoms with van der Waals surface area (Å²) in [5.41, 5.74) is -0.580. The molecule has 2 amide bonds. The van der Waals surface area contributed by atoms with Gasteiger partial charge >= 0.3 is 5.97 Å². The molecule has 1 saturated heterocycles. The van der Waals surface area contributed by atoms with Crippen LogP contribution >= 0.6 is 0 Å². The van der Waals surface area contributed by atoms with Gasteiger partial charge in [0.25, 0.3) is 0 Å². The van der Waals surface area contributed by atoms with Gasteiger partial charge in [0.2, 0.25) is 11.8 Å². The molecule has 0 spiro atoms. The van der Waals surface area contributed by atoms with Gasteiger partial charge < -0.3 is 15.3 Å². The van der Waals surface area contributed by atoms with Crippen molar-refractivity contribution in [3.8, 4) is 0 Å². The first kappa shape index (κ1) is 18.0. The summed E-state index contributed by atoms with van der Waals surface area (Å²) in [4.78, 5) is 37.4. The number of carbonyl (C=O) groups is 3. The first-order chi connectivity index (χ1) is 11.4. The highest BCUT2D eigenvalue weighted by Gasteiger charge is 2.35. The third kappa shape index (κ3) is 4.34. The fraction of sp³-hybridized carbons (Fsp3) is 0.500. The SMILES string of the molecule is CC(CNC(=O)CN1CCCCCC1=O)(C(=O)O)c1ccccc1. The molecule has 6 nitrogen and oxygen atoms in total. The van der Waals surface area contributed by atoms with Crippen LogP contribution in [0.4, 0.5) is 0 Å². The van der Waals surface area contributed by atoms with Gasteiger partial charge in [-0.25, -0.2) is 0 Å². The minimum absolute atomic E-state index is 0.00768. The third-order valence-corrected chi connectivity index (χ3v) is 4.53. The van der Waals surface area contributed by atoms with Crippen LogP contribution in [0, 0.1) is 0 Å². The number of hydrogen-bond donors (Lipinski definition) is 2. The molecule has 0 radical (unpaired) electrons. The molecule has 0 aromatic heterocycles. The number of aliphatic carboxylic acids is 1. The molecule has 2 rings (SSSR count). The monoisotopic (exact) mass is 332 g/mol. The quantitative estimate of drug-likeness (QED) is 0.827. The summed E-state index contributed by atoms with van der Waals surface area (Å²) in [6.45, 7) is 2.14. The summed E-state index contributed by atoms with van der Waals surface area (Å²) in [6.07, 6.45) is 3.23. The van der Waals surface area contributed by atoms with Gasteiger partial charge in [0.1, 0.15) is 5.41 Å². The molecule has 0 saturated carbocycles. The van der Waals surface area contributed by atoms with Crippen molar-refractivity contribution in [1.82, 2.24) is 10.2 Å². The van der Waals surface area contributed by atoms with E-state index in [1.807, 2.05) is 6.07 Å². The molecule has 1 heterocycles. The Balaban J connectivity index is 1.98. The van der Waals surface area contributed by atoms with Gasteiger partial charge in [-0.1, -0.05) is 36.8 Å². The summed E-state index contributed by atoms with van der Waals surface area (Å²) in [5, 5.41) is 12.3. The zero-order valence-electron chi connectivity index (χ0n) is 14.0. The highest BCUT2D eigenvalue weighted by Crippen LogP contribution is 2.23. The van der Waals surface area contributed by atoms with Crippen LogP contribution in [0.25, 0.3) is 0 Å². The van der Waals surface area contributed by atoms with Crippen molar-refractivity contribution >= 4 is 17.8 Å². The number of nitrogens with zero attached hydrogens (tertiary/aromatic N) is 1. The Morgan fingerprint density at radius 2 is 1.92 bits per heavy atom. The summed E-state index contributed by atoms with van der Waals surface area (Å²) in [5.74, 6) is -1.33. The lowest BCUT2D eigenvalue weighted by Gasteiger charge is -2.27. The average molecular weight is 332 g/mol. The van der Waals surface area contributed by atoms with E-state index in [0.29, 0.717) is 18.5 Å². The lowest BCUT2D eigenvalue weighted by Crippen LogP contribution is -2.47. The molecule has 1 aromatic carbocycles. The molecule has 24 heavy (non-hydrogen) atoms. The molecule has 1 aromatic rings. The normalized spacial score (nSPS) is 17.7. The van der Waals surface area contributed by atoms with Crippen molar-refractivity contribution in [3.05, 3.63) is 35.9 Å². The van der Waals surface area contributed by atoms with Crippen LogP contribution in [0.1, 0.15) is 38.2 Å². The molecule has 1 fully saturated rings. The van der Waals surface area contributed by atoms with Crippen LogP contribution < -0.4 is 5.32 Å². The van der Waals surface area contributed by atoms with Gasteiger partial charge in [-0.05, 0) is 25.3 Å². The molecule has 6 heteroatoms. The van der Waals surface area contributed by atoms with Crippen LogP contribution in [0.15, 0.2) is 30.3 Å².